The number of rotatable bonds is 2. The Morgan fingerprint density at radius 2 is 2.14 bits per heavy atom. The van der Waals surface area contributed by atoms with Crippen molar-refractivity contribution in [3.8, 4) is 5.88 Å². The summed E-state index contributed by atoms with van der Waals surface area (Å²) >= 11 is 5.59. The van der Waals surface area contributed by atoms with Crippen LogP contribution >= 0.6 is 11.6 Å². The highest BCUT2D eigenvalue weighted by Gasteiger charge is 2.33. The van der Waals surface area contributed by atoms with E-state index in [1.54, 1.807) is 0 Å². The summed E-state index contributed by atoms with van der Waals surface area (Å²) in [6.45, 7) is -0.169. The number of hydrogen-bond donors (Lipinski definition) is 1. The smallest absolute Gasteiger partial charge is 0.387 e. The highest BCUT2D eigenvalue weighted by Crippen LogP contribution is 2.28. The van der Waals surface area contributed by atoms with Gasteiger partial charge in [-0.05, 0) is 6.07 Å². The van der Waals surface area contributed by atoms with Crippen LogP contribution in [-0.2, 0) is 6.54 Å². The molecule has 0 spiro atoms. The molecule has 1 heterocycles. The molecule has 0 aliphatic heterocycles. The molecular weight excluding hydrogens is 221 g/mol. The number of pyridine rings is 1. The second-order valence-electron chi connectivity index (χ2n) is 2.33. The molecule has 0 radical (unpaired) electrons. The van der Waals surface area contributed by atoms with Gasteiger partial charge in [0.05, 0.1) is 5.02 Å². The summed E-state index contributed by atoms with van der Waals surface area (Å²) < 4.78 is 39.2. The van der Waals surface area contributed by atoms with Crippen LogP contribution < -0.4 is 10.5 Å². The van der Waals surface area contributed by atoms with Crippen molar-refractivity contribution < 1.29 is 17.9 Å². The maximum atomic E-state index is 11.8. The van der Waals surface area contributed by atoms with Gasteiger partial charge in [-0.25, -0.2) is 4.98 Å². The van der Waals surface area contributed by atoms with E-state index in [4.69, 9.17) is 17.3 Å². The molecule has 0 fully saturated rings. The largest absolute Gasteiger partial charge is 0.574 e. The lowest BCUT2D eigenvalue weighted by molar-refractivity contribution is -0.276. The molecule has 0 aromatic carbocycles. The summed E-state index contributed by atoms with van der Waals surface area (Å²) in [7, 11) is 0. The summed E-state index contributed by atoms with van der Waals surface area (Å²) in [5.41, 5.74) is 5.23. The van der Waals surface area contributed by atoms with Gasteiger partial charge in [0.2, 0.25) is 5.88 Å². The minimum atomic E-state index is -4.79. The molecule has 7 heteroatoms. The van der Waals surface area contributed by atoms with Crippen LogP contribution in [0.2, 0.25) is 5.02 Å². The molecular formula is C7H6ClF3N2O. The molecule has 78 valence electrons. The Hall–Kier alpha value is -1.01. The first-order valence-corrected chi connectivity index (χ1v) is 3.91. The Morgan fingerprint density at radius 1 is 1.50 bits per heavy atom. The molecule has 1 aromatic heterocycles. The van der Waals surface area contributed by atoms with Gasteiger partial charge < -0.3 is 10.5 Å². The molecule has 0 aliphatic rings. The average molecular weight is 227 g/mol. The van der Waals surface area contributed by atoms with E-state index in [2.05, 4.69) is 9.72 Å². The van der Waals surface area contributed by atoms with E-state index >= 15 is 0 Å². The third-order valence-electron chi connectivity index (χ3n) is 1.38. The van der Waals surface area contributed by atoms with E-state index in [1.807, 2.05) is 0 Å². The highest BCUT2D eigenvalue weighted by atomic mass is 35.5. The Morgan fingerprint density at radius 3 is 2.64 bits per heavy atom. The second-order valence-corrected chi connectivity index (χ2v) is 2.74. The van der Waals surface area contributed by atoms with Gasteiger partial charge in [0.1, 0.15) is 0 Å². The Bertz CT molecular complexity index is 329. The topological polar surface area (TPSA) is 48.1 Å². The van der Waals surface area contributed by atoms with Gasteiger partial charge >= 0.3 is 6.36 Å². The zero-order valence-corrected chi connectivity index (χ0v) is 7.56. The number of alkyl halides is 3. The van der Waals surface area contributed by atoms with E-state index in [-0.39, 0.29) is 17.1 Å². The minimum Gasteiger partial charge on any atom is -0.387 e. The maximum absolute atomic E-state index is 11.8. The van der Waals surface area contributed by atoms with Crippen LogP contribution in [0.5, 0.6) is 5.88 Å². The molecule has 14 heavy (non-hydrogen) atoms. The fraction of sp³-hybridized carbons (Fsp3) is 0.286. The summed E-state index contributed by atoms with van der Waals surface area (Å²) in [5, 5.41) is 0.0988. The molecule has 1 rings (SSSR count). The van der Waals surface area contributed by atoms with Crippen LogP contribution in [0.3, 0.4) is 0 Å². The van der Waals surface area contributed by atoms with Crippen molar-refractivity contribution in [2.75, 3.05) is 0 Å². The van der Waals surface area contributed by atoms with Gasteiger partial charge in [0.25, 0.3) is 0 Å². The van der Waals surface area contributed by atoms with Crippen LogP contribution in [0, 0.1) is 0 Å². The molecule has 0 saturated heterocycles. The van der Waals surface area contributed by atoms with Crippen LogP contribution in [0.25, 0.3) is 0 Å². The number of aromatic nitrogens is 1. The van der Waals surface area contributed by atoms with Crippen LogP contribution in [0.4, 0.5) is 13.2 Å². The predicted molar refractivity (Wildman–Crippen MR) is 43.8 cm³/mol. The van der Waals surface area contributed by atoms with Gasteiger partial charge in [0, 0.05) is 18.3 Å². The zero-order valence-electron chi connectivity index (χ0n) is 6.81. The van der Waals surface area contributed by atoms with E-state index in [9.17, 15) is 13.2 Å². The highest BCUT2D eigenvalue weighted by molar-refractivity contribution is 6.31. The second kappa shape index (κ2) is 4.02. The third-order valence-corrected chi connectivity index (χ3v) is 1.73. The molecule has 0 saturated carbocycles. The number of ether oxygens (including phenoxy) is 1. The third kappa shape index (κ3) is 2.74. The van der Waals surface area contributed by atoms with Crippen molar-refractivity contribution in [3.63, 3.8) is 0 Å². The Labute approximate surface area is 82.6 Å². The first kappa shape index (κ1) is 11.1. The van der Waals surface area contributed by atoms with Crippen molar-refractivity contribution >= 4 is 11.6 Å². The number of halogens is 4. The number of nitrogens with two attached hydrogens (primary N) is 1. The van der Waals surface area contributed by atoms with Crippen molar-refractivity contribution in [2.45, 2.75) is 12.9 Å². The maximum Gasteiger partial charge on any atom is 0.574 e. The molecule has 2 N–H and O–H groups in total. The predicted octanol–water partition coefficient (Wildman–Crippen LogP) is 2.09. The first-order chi connectivity index (χ1) is 6.44. The molecule has 0 aliphatic carbocycles. The van der Waals surface area contributed by atoms with Crippen molar-refractivity contribution in [1.29, 1.82) is 0 Å². The van der Waals surface area contributed by atoms with Crippen molar-refractivity contribution in [1.82, 2.24) is 4.98 Å². The molecule has 0 amide bonds. The summed E-state index contributed by atoms with van der Waals surface area (Å²) in [5.74, 6) is -0.604. The van der Waals surface area contributed by atoms with Crippen molar-refractivity contribution in [2.24, 2.45) is 5.73 Å². The average Bonchev–Trinajstić information content (AvgIpc) is 2.01. The number of nitrogens with zero attached hydrogens (tertiary/aromatic N) is 1. The fourth-order valence-corrected chi connectivity index (χ4v) is 1.05. The van der Waals surface area contributed by atoms with Gasteiger partial charge in [-0.3, -0.25) is 0 Å². The fourth-order valence-electron chi connectivity index (χ4n) is 0.833. The summed E-state index contributed by atoms with van der Waals surface area (Å²) in [4.78, 5) is 3.39. The van der Waals surface area contributed by atoms with Crippen LogP contribution in [0.1, 0.15) is 5.56 Å². The summed E-state index contributed by atoms with van der Waals surface area (Å²) in [6.07, 6.45) is -3.68. The Balaban J connectivity index is 3.02. The lowest BCUT2D eigenvalue weighted by Crippen LogP contribution is -2.19. The van der Waals surface area contributed by atoms with Gasteiger partial charge in [-0.1, -0.05) is 11.6 Å². The molecule has 0 bridgehead atoms. The van der Waals surface area contributed by atoms with E-state index in [1.165, 1.54) is 6.07 Å². The van der Waals surface area contributed by atoms with Crippen molar-refractivity contribution in [3.05, 3.63) is 22.8 Å². The van der Waals surface area contributed by atoms with Gasteiger partial charge in [-0.15, -0.1) is 13.2 Å². The Kier molecular flexibility index (Phi) is 3.17. The quantitative estimate of drug-likeness (QED) is 0.840. The standard InChI is InChI=1S/C7H6ClF3N2O/c8-5-1-2-13-6(4(5)3-12)14-7(9,10)11/h1-2H,3,12H2. The SMILES string of the molecule is NCc1c(Cl)ccnc1OC(F)(F)F. The lowest BCUT2D eigenvalue weighted by Gasteiger charge is -2.11. The van der Waals surface area contributed by atoms with Crippen LogP contribution in [0.15, 0.2) is 12.3 Å². The van der Waals surface area contributed by atoms with Crippen LogP contribution in [-0.4, -0.2) is 11.3 Å². The van der Waals surface area contributed by atoms with Gasteiger partial charge in [0.15, 0.2) is 0 Å². The van der Waals surface area contributed by atoms with E-state index < -0.39 is 12.2 Å². The monoisotopic (exact) mass is 226 g/mol. The summed E-state index contributed by atoms with van der Waals surface area (Å²) in [6, 6.07) is 1.34. The normalized spacial score (nSPS) is 11.5. The number of hydrogen-bond acceptors (Lipinski definition) is 3. The lowest BCUT2D eigenvalue weighted by atomic mass is 10.3. The minimum absolute atomic E-state index is 0.0338. The van der Waals surface area contributed by atoms with Gasteiger partial charge in [-0.2, -0.15) is 0 Å². The molecule has 0 atom stereocenters. The van der Waals surface area contributed by atoms with E-state index in [0.717, 1.165) is 6.20 Å². The zero-order chi connectivity index (χ0) is 10.8. The molecule has 1 aromatic rings. The molecule has 0 unspecified atom stereocenters. The van der Waals surface area contributed by atoms with E-state index in [0.29, 0.717) is 0 Å². The first-order valence-electron chi connectivity index (χ1n) is 3.53. The molecule has 3 nitrogen and oxygen atoms in total.